The molecular formula is C21H18F3NO2. The van der Waals surface area contributed by atoms with Crippen molar-refractivity contribution in [2.75, 3.05) is 0 Å². The number of halogens is 3. The van der Waals surface area contributed by atoms with Gasteiger partial charge in [0, 0.05) is 12.1 Å². The number of benzene rings is 3. The Morgan fingerprint density at radius 1 is 0.815 bits per heavy atom. The van der Waals surface area contributed by atoms with E-state index < -0.39 is 6.36 Å². The molecule has 0 amide bonds. The van der Waals surface area contributed by atoms with Crippen LogP contribution in [0.1, 0.15) is 11.1 Å². The standard InChI is InChI=1S/C21H18F3NO2/c22-21(23,24)27-19-8-4-7-16(12-19)17-9-10-20(18(11-17)13-25)26-14-15-5-2-1-3-6-15/h1-12H,13-14,25H2. The maximum absolute atomic E-state index is 12.4. The minimum absolute atomic E-state index is 0.247. The van der Waals surface area contributed by atoms with Gasteiger partial charge in [-0.2, -0.15) is 0 Å². The monoisotopic (exact) mass is 373 g/mol. The first-order valence-electron chi connectivity index (χ1n) is 8.30. The molecule has 0 aliphatic heterocycles. The molecule has 0 saturated heterocycles. The van der Waals surface area contributed by atoms with Crippen molar-refractivity contribution in [3.05, 3.63) is 83.9 Å². The number of rotatable bonds is 6. The normalized spacial score (nSPS) is 11.3. The van der Waals surface area contributed by atoms with E-state index in [1.807, 2.05) is 36.4 Å². The second-order valence-electron chi connectivity index (χ2n) is 5.88. The van der Waals surface area contributed by atoms with E-state index in [1.54, 1.807) is 18.2 Å². The van der Waals surface area contributed by atoms with Crippen LogP contribution in [0.4, 0.5) is 13.2 Å². The zero-order chi connectivity index (χ0) is 19.3. The maximum Gasteiger partial charge on any atom is 0.573 e. The first-order valence-corrected chi connectivity index (χ1v) is 8.30. The SMILES string of the molecule is NCc1cc(-c2cccc(OC(F)(F)F)c2)ccc1OCc1ccccc1. The van der Waals surface area contributed by atoms with E-state index in [0.717, 1.165) is 16.7 Å². The molecule has 27 heavy (non-hydrogen) atoms. The lowest BCUT2D eigenvalue weighted by Crippen LogP contribution is -2.17. The van der Waals surface area contributed by atoms with Crippen molar-refractivity contribution in [1.82, 2.24) is 0 Å². The van der Waals surface area contributed by atoms with Gasteiger partial charge < -0.3 is 15.2 Å². The molecule has 2 N–H and O–H groups in total. The van der Waals surface area contributed by atoms with Crippen LogP contribution in [0.15, 0.2) is 72.8 Å². The Labute approximate surface area is 155 Å². The van der Waals surface area contributed by atoms with E-state index in [1.165, 1.54) is 18.2 Å². The molecule has 0 spiro atoms. The molecular weight excluding hydrogens is 355 g/mol. The van der Waals surface area contributed by atoms with Crippen LogP contribution >= 0.6 is 0 Å². The summed E-state index contributed by atoms with van der Waals surface area (Å²) in [6.45, 7) is 0.652. The molecule has 3 rings (SSSR count). The van der Waals surface area contributed by atoms with Gasteiger partial charge in [0.1, 0.15) is 18.1 Å². The first kappa shape index (κ1) is 18.8. The summed E-state index contributed by atoms with van der Waals surface area (Å²) in [6.07, 6.45) is -4.73. The minimum atomic E-state index is -4.73. The molecule has 3 aromatic carbocycles. The van der Waals surface area contributed by atoms with Crippen molar-refractivity contribution >= 4 is 0 Å². The predicted molar refractivity (Wildman–Crippen MR) is 97.2 cm³/mol. The number of nitrogens with two attached hydrogens (primary N) is 1. The lowest BCUT2D eigenvalue weighted by atomic mass is 10.0. The molecule has 0 aliphatic rings. The van der Waals surface area contributed by atoms with Crippen molar-refractivity contribution in [3.63, 3.8) is 0 Å². The van der Waals surface area contributed by atoms with Crippen LogP contribution in [0.5, 0.6) is 11.5 Å². The fourth-order valence-corrected chi connectivity index (χ4v) is 2.67. The second kappa shape index (κ2) is 8.14. The summed E-state index contributed by atoms with van der Waals surface area (Å²) in [4.78, 5) is 0. The van der Waals surface area contributed by atoms with Crippen molar-refractivity contribution in [1.29, 1.82) is 0 Å². The molecule has 0 fully saturated rings. The molecule has 0 saturated carbocycles. The third-order valence-electron chi connectivity index (χ3n) is 3.92. The average molecular weight is 373 g/mol. The number of ether oxygens (including phenoxy) is 2. The lowest BCUT2D eigenvalue weighted by Gasteiger charge is -2.13. The van der Waals surface area contributed by atoms with Crippen molar-refractivity contribution in [2.24, 2.45) is 5.73 Å². The summed E-state index contributed by atoms with van der Waals surface area (Å²) in [5.74, 6) is 0.381. The third-order valence-corrected chi connectivity index (χ3v) is 3.92. The van der Waals surface area contributed by atoms with E-state index in [0.29, 0.717) is 17.9 Å². The Kier molecular flexibility index (Phi) is 5.66. The highest BCUT2D eigenvalue weighted by atomic mass is 19.4. The summed E-state index contributed by atoms with van der Waals surface area (Å²) in [5.41, 5.74) is 8.95. The fraction of sp³-hybridized carbons (Fsp3) is 0.143. The van der Waals surface area contributed by atoms with E-state index in [4.69, 9.17) is 10.5 Å². The van der Waals surface area contributed by atoms with Gasteiger partial charge in [-0.15, -0.1) is 13.2 Å². The van der Waals surface area contributed by atoms with Crippen LogP contribution in [-0.4, -0.2) is 6.36 Å². The molecule has 0 unspecified atom stereocenters. The first-order chi connectivity index (χ1) is 12.9. The van der Waals surface area contributed by atoms with Gasteiger partial charge in [-0.05, 0) is 41.0 Å². The smallest absolute Gasteiger partial charge is 0.489 e. The molecule has 0 radical (unpaired) electrons. The van der Waals surface area contributed by atoms with Crippen LogP contribution in [0.3, 0.4) is 0 Å². The third kappa shape index (κ3) is 5.24. The van der Waals surface area contributed by atoms with Crippen LogP contribution < -0.4 is 15.2 Å². The molecule has 0 aliphatic carbocycles. The van der Waals surface area contributed by atoms with E-state index in [9.17, 15) is 13.2 Å². The number of hydrogen-bond acceptors (Lipinski definition) is 3. The highest BCUT2D eigenvalue weighted by Crippen LogP contribution is 2.31. The zero-order valence-electron chi connectivity index (χ0n) is 14.4. The lowest BCUT2D eigenvalue weighted by molar-refractivity contribution is -0.274. The maximum atomic E-state index is 12.4. The van der Waals surface area contributed by atoms with Crippen LogP contribution in [0, 0.1) is 0 Å². The topological polar surface area (TPSA) is 44.5 Å². The fourth-order valence-electron chi connectivity index (χ4n) is 2.67. The van der Waals surface area contributed by atoms with Crippen molar-refractivity contribution in [3.8, 4) is 22.6 Å². The average Bonchev–Trinajstić information content (AvgIpc) is 2.66. The minimum Gasteiger partial charge on any atom is -0.489 e. The molecule has 140 valence electrons. The predicted octanol–water partition coefficient (Wildman–Crippen LogP) is 5.29. The summed E-state index contributed by atoms with van der Waals surface area (Å²) < 4.78 is 47.1. The number of hydrogen-bond donors (Lipinski definition) is 1. The van der Waals surface area contributed by atoms with Gasteiger partial charge in [0.05, 0.1) is 0 Å². The van der Waals surface area contributed by atoms with E-state index in [2.05, 4.69) is 4.74 Å². The van der Waals surface area contributed by atoms with Gasteiger partial charge in [-0.25, -0.2) is 0 Å². The summed E-state index contributed by atoms with van der Waals surface area (Å²) in [6, 6.07) is 20.9. The zero-order valence-corrected chi connectivity index (χ0v) is 14.4. The Morgan fingerprint density at radius 2 is 1.56 bits per heavy atom. The number of alkyl halides is 3. The Bertz CT molecular complexity index is 895. The molecule has 3 aromatic rings. The van der Waals surface area contributed by atoms with Gasteiger partial charge in [-0.1, -0.05) is 48.5 Å². The van der Waals surface area contributed by atoms with Crippen LogP contribution in [0.25, 0.3) is 11.1 Å². The highest BCUT2D eigenvalue weighted by molar-refractivity contribution is 5.67. The Hall–Kier alpha value is -2.99. The molecule has 6 heteroatoms. The Morgan fingerprint density at radius 3 is 2.26 bits per heavy atom. The van der Waals surface area contributed by atoms with Crippen molar-refractivity contribution in [2.45, 2.75) is 19.5 Å². The molecule has 0 aromatic heterocycles. The van der Waals surface area contributed by atoms with Crippen LogP contribution in [0.2, 0.25) is 0 Å². The van der Waals surface area contributed by atoms with E-state index in [-0.39, 0.29) is 12.3 Å². The molecule has 3 nitrogen and oxygen atoms in total. The summed E-state index contributed by atoms with van der Waals surface area (Å²) in [5, 5.41) is 0. The van der Waals surface area contributed by atoms with Gasteiger partial charge in [-0.3, -0.25) is 0 Å². The second-order valence-corrected chi connectivity index (χ2v) is 5.88. The molecule has 0 atom stereocenters. The Balaban J connectivity index is 1.80. The van der Waals surface area contributed by atoms with Gasteiger partial charge >= 0.3 is 6.36 Å². The van der Waals surface area contributed by atoms with Gasteiger partial charge in [0.15, 0.2) is 0 Å². The molecule has 0 bridgehead atoms. The van der Waals surface area contributed by atoms with Gasteiger partial charge in [0.25, 0.3) is 0 Å². The van der Waals surface area contributed by atoms with E-state index >= 15 is 0 Å². The highest BCUT2D eigenvalue weighted by Gasteiger charge is 2.31. The quantitative estimate of drug-likeness (QED) is 0.639. The summed E-state index contributed by atoms with van der Waals surface area (Å²) in [7, 11) is 0. The van der Waals surface area contributed by atoms with Crippen molar-refractivity contribution < 1.29 is 22.6 Å². The van der Waals surface area contributed by atoms with Gasteiger partial charge in [0.2, 0.25) is 0 Å². The van der Waals surface area contributed by atoms with Crippen LogP contribution in [-0.2, 0) is 13.2 Å². The molecule has 0 heterocycles. The summed E-state index contributed by atoms with van der Waals surface area (Å²) >= 11 is 0. The largest absolute Gasteiger partial charge is 0.573 e.